The van der Waals surface area contributed by atoms with Crippen molar-refractivity contribution >= 4 is 28.9 Å². The van der Waals surface area contributed by atoms with Gasteiger partial charge in [-0.25, -0.2) is 4.39 Å². The first kappa shape index (κ1) is 24.4. The zero-order valence-corrected chi connectivity index (χ0v) is 20.8. The number of nitrogens with one attached hydrogen (secondary N) is 3. The molecule has 0 aromatic heterocycles. The molecule has 0 radical (unpaired) electrons. The van der Waals surface area contributed by atoms with Crippen LogP contribution in [0.25, 0.3) is 0 Å². The maximum atomic E-state index is 14.4. The van der Waals surface area contributed by atoms with Gasteiger partial charge in [-0.1, -0.05) is 80.5 Å². The van der Waals surface area contributed by atoms with E-state index >= 15 is 0 Å². The molecule has 4 N–H and O–H groups in total. The minimum atomic E-state index is -1.23. The molecule has 7 heteroatoms. The van der Waals surface area contributed by atoms with Gasteiger partial charge in [0.1, 0.15) is 11.9 Å². The van der Waals surface area contributed by atoms with Crippen LogP contribution in [0.15, 0.2) is 42.5 Å². The van der Waals surface area contributed by atoms with E-state index in [0.717, 1.165) is 57.8 Å². The number of halogens is 2. The second-order valence-corrected chi connectivity index (χ2v) is 10.9. The maximum absolute atomic E-state index is 14.4. The van der Waals surface area contributed by atoms with Crippen LogP contribution < -0.4 is 16.0 Å². The van der Waals surface area contributed by atoms with Crippen molar-refractivity contribution in [2.45, 2.75) is 82.0 Å². The number of rotatable bonds is 6. The lowest BCUT2D eigenvalue weighted by Crippen LogP contribution is -2.61. The number of fused-ring (bicyclic) bond motifs is 1. The first-order valence-corrected chi connectivity index (χ1v) is 13.4. The van der Waals surface area contributed by atoms with Gasteiger partial charge in [0.15, 0.2) is 5.66 Å². The largest absolute Gasteiger partial charge is 0.384 e. The number of aliphatic hydroxyl groups is 1. The molecular formula is C28H35ClFN3O2. The molecule has 2 aromatic rings. The lowest BCUT2D eigenvalue weighted by Gasteiger charge is -2.46. The van der Waals surface area contributed by atoms with Gasteiger partial charge in [-0.15, -0.1) is 0 Å². The van der Waals surface area contributed by atoms with E-state index in [-0.39, 0.29) is 22.9 Å². The average Bonchev–Trinajstić information content (AvgIpc) is 3.24. The van der Waals surface area contributed by atoms with Crippen molar-refractivity contribution < 1.29 is 14.3 Å². The molecule has 5 nitrogen and oxygen atoms in total. The summed E-state index contributed by atoms with van der Waals surface area (Å²) in [6.07, 6.45) is 9.48. The number of anilines is 2. The predicted molar refractivity (Wildman–Crippen MR) is 138 cm³/mol. The van der Waals surface area contributed by atoms with Crippen LogP contribution in [0.5, 0.6) is 0 Å². The summed E-state index contributed by atoms with van der Waals surface area (Å²) in [7, 11) is 0. The Kier molecular flexibility index (Phi) is 7.21. The highest BCUT2D eigenvalue weighted by atomic mass is 35.5. The smallest absolute Gasteiger partial charge is 0.228 e. The topological polar surface area (TPSA) is 73.4 Å². The van der Waals surface area contributed by atoms with Gasteiger partial charge in [-0.3, -0.25) is 4.79 Å². The highest BCUT2D eigenvalue weighted by Crippen LogP contribution is 2.50. The Labute approximate surface area is 211 Å². The lowest BCUT2D eigenvalue weighted by molar-refractivity contribution is -0.132. The Bertz CT molecular complexity index is 1010. The zero-order chi connectivity index (χ0) is 24.4. The molecule has 2 aromatic carbocycles. The van der Waals surface area contributed by atoms with E-state index in [1.54, 1.807) is 0 Å². The number of hydrogen-bond donors (Lipinski definition) is 4. The van der Waals surface area contributed by atoms with Crippen molar-refractivity contribution in [3.05, 3.63) is 58.9 Å². The van der Waals surface area contributed by atoms with Gasteiger partial charge < -0.3 is 21.1 Å². The summed E-state index contributed by atoms with van der Waals surface area (Å²) in [5.41, 5.74) is 0.561. The highest BCUT2D eigenvalue weighted by Gasteiger charge is 2.55. The van der Waals surface area contributed by atoms with Crippen molar-refractivity contribution in [1.29, 1.82) is 0 Å². The quantitative estimate of drug-likeness (QED) is 0.371. The van der Waals surface area contributed by atoms with Crippen LogP contribution in [0.1, 0.15) is 75.9 Å². The molecule has 2 fully saturated rings. The third kappa shape index (κ3) is 4.88. The summed E-state index contributed by atoms with van der Waals surface area (Å²) in [6, 6.07) is 12.4. The molecule has 188 valence electrons. The summed E-state index contributed by atoms with van der Waals surface area (Å²) in [5.74, 6) is -1.06. The van der Waals surface area contributed by atoms with E-state index in [4.69, 9.17) is 11.6 Å². The van der Waals surface area contributed by atoms with E-state index in [2.05, 4.69) is 16.0 Å². The van der Waals surface area contributed by atoms with E-state index in [1.807, 2.05) is 30.3 Å². The normalized spacial score (nSPS) is 24.7. The molecule has 3 unspecified atom stereocenters. The monoisotopic (exact) mass is 499 g/mol. The molecule has 0 saturated heterocycles. The van der Waals surface area contributed by atoms with Crippen LogP contribution in [-0.4, -0.2) is 22.7 Å². The summed E-state index contributed by atoms with van der Waals surface area (Å²) >= 11 is 6.12. The Morgan fingerprint density at radius 3 is 2.23 bits per heavy atom. The SMILES string of the molecule is O=C(NC1CCCCC1)C(C1CCCCC1)C1(C(O)c2ccccc2)Nc2cc(F)c(Cl)cc2N1. The molecule has 0 spiro atoms. The fourth-order valence-corrected chi connectivity index (χ4v) is 6.55. The van der Waals surface area contributed by atoms with Crippen molar-refractivity contribution in [2.24, 2.45) is 11.8 Å². The van der Waals surface area contributed by atoms with Crippen LogP contribution in [-0.2, 0) is 4.79 Å². The number of carbonyl (C=O) groups excluding carboxylic acids is 1. The van der Waals surface area contributed by atoms with E-state index in [1.165, 1.54) is 18.6 Å². The molecule has 0 bridgehead atoms. The molecule has 1 heterocycles. The second kappa shape index (κ2) is 10.4. The summed E-state index contributed by atoms with van der Waals surface area (Å²) in [4.78, 5) is 14.1. The fraction of sp³-hybridized carbons (Fsp3) is 0.536. The fourth-order valence-electron chi connectivity index (χ4n) is 6.39. The van der Waals surface area contributed by atoms with Crippen LogP contribution in [0.4, 0.5) is 15.8 Å². The number of hydrogen-bond acceptors (Lipinski definition) is 4. The van der Waals surface area contributed by atoms with Gasteiger partial charge in [-0.05, 0) is 43.2 Å². The van der Waals surface area contributed by atoms with E-state index in [9.17, 15) is 14.3 Å². The number of amides is 1. The molecule has 2 aliphatic carbocycles. The van der Waals surface area contributed by atoms with Gasteiger partial charge in [0.05, 0.1) is 22.3 Å². The lowest BCUT2D eigenvalue weighted by atomic mass is 9.70. The Hall–Kier alpha value is -2.31. The van der Waals surface area contributed by atoms with Gasteiger partial charge >= 0.3 is 0 Å². The van der Waals surface area contributed by atoms with Crippen molar-refractivity contribution in [2.75, 3.05) is 10.6 Å². The molecule has 3 atom stereocenters. The maximum Gasteiger partial charge on any atom is 0.228 e. The van der Waals surface area contributed by atoms with E-state index in [0.29, 0.717) is 16.9 Å². The standard InChI is InChI=1S/C28H35ClFN3O2/c29-21-16-23-24(17-22(21)30)33-28(32-23,26(34)19-12-6-2-7-13-19)25(18-10-4-1-5-11-18)27(35)31-20-14-8-3-9-15-20/h2,6-7,12-13,16-18,20,25-26,32-34H,1,3-5,8-11,14-15H2,(H,31,35). The van der Waals surface area contributed by atoms with Gasteiger partial charge in [0, 0.05) is 12.1 Å². The van der Waals surface area contributed by atoms with Gasteiger partial charge in [-0.2, -0.15) is 0 Å². The Balaban J connectivity index is 1.57. The van der Waals surface area contributed by atoms with Gasteiger partial charge in [0.2, 0.25) is 5.91 Å². The summed E-state index contributed by atoms with van der Waals surface area (Å²) < 4.78 is 14.4. The third-order valence-electron chi connectivity index (χ3n) is 8.14. The number of aliphatic hydroxyl groups excluding tert-OH is 1. The molecule has 1 aliphatic heterocycles. The van der Waals surface area contributed by atoms with Crippen LogP contribution in [0.2, 0.25) is 5.02 Å². The van der Waals surface area contributed by atoms with Crippen molar-refractivity contribution in [3.63, 3.8) is 0 Å². The highest BCUT2D eigenvalue weighted by molar-refractivity contribution is 6.31. The van der Waals surface area contributed by atoms with Gasteiger partial charge in [0.25, 0.3) is 0 Å². The van der Waals surface area contributed by atoms with Crippen molar-refractivity contribution in [1.82, 2.24) is 5.32 Å². The zero-order valence-electron chi connectivity index (χ0n) is 20.0. The first-order chi connectivity index (χ1) is 17.0. The molecule has 3 aliphatic rings. The van der Waals surface area contributed by atoms with Crippen molar-refractivity contribution in [3.8, 4) is 0 Å². The number of carbonyl (C=O) groups is 1. The minimum absolute atomic E-state index is 0.00363. The summed E-state index contributed by atoms with van der Waals surface area (Å²) in [5, 5.41) is 22.1. The minimum Gasteiger partial charge on any atom is -0.384 e. The Morgan fingerprint density at radius 2 is 1.57 bits per heavy atom. The predicted octanol–water partition coefficient (Wildman–Crippen LogP) is 6.39. The average molecular weight is 500 g/mol. The summed E-state index contributed by atoms with van der Waals surface area (Å²) in [6.45, 7) is 0. The Morgan fingerprint density at radius 1 is 0.971 bits per heavy atom. The van der Waals surface area contributed by atoms with E-state index < -0.39 is 23.5 Å². The van der Waals surface area contributed by atoms with Crippen LogP contribution in [0, 0.1) is 17.7 Å². The third-order valence-corrected chi connectivity index (χ3v) is 8.43. The van der Waals surface area contributed by atoms with Crippen LogP contribution >= 0.6 is 11.6 Å². The molecule has 35 heavy (non-hydrogen) atoms. The van der Waals surface area contributed by atoms with Crippen LogP contribution in [0.3, 0.4) is 0 Å². The molecular weight excluding hydrogens is 465 g/mol. The first-order valence-electron chi connectivity index (χ1n) is 13.1. The molecule has 1 amide bonds. The molecule has 5 rings (SSSR count). The number of benzene rings is 2. The molecule has 2 saturated carbocycles. The second-order valence-electron chi connectivity index (χ2n) is 10.5.